The summed E-state index contributed by atoms with van der Waals surface area (Å²) in [7, 11) is 0. The molecule has 0 atom stereocenters. The standard InChI is InChI=1S/C15H18Cl2N2S/c16-12-6-7-13(17)14(10-12)19-15(20)18-9-8-11-4-2-1-3-5-11/h4,6-7,10H,1-3,5,8-9H2,(H2,18,19,20). The van der Waals surface area contributed by atoms with Crippen LogP contribution in [0, 0.1) is 0 Å². The third kappa shape index (κ3) is 4.97. The minimum Gasteiger partial charge on any atom is -0.362 e. The van der Waals surface area contributed by atoms with Crippen LogP contribution in [0.5, 0.6) is 0 Å². The van der Waals surface area contributed by atoms with Crippen molar-refractivity contribution < 1.29 is 0 Å². The molecule has 2 nitrogen and oxygen atoms in total. The van der Waals surface area contributed by atoms with Crippen molar-refractivity contribution in [3.05, 3.63) is 39.9 Å². The van der Waals surface area contributed by atoms with Crippen LogP contribution in [0.1, 0.15) is 32.1 Å². The molecule has 0 amide bonds. The lowest BCUT2D eigenvalue weighted by molar-refractivity contribution is 0.669. The van der Waals surface area contributed by atoms with Gasteiger partial charge in [-0.15, -0.1) is 0 Å². The molecule has 20 heavy (non-hydrogen) atoms. The van der Waals surface area contributed by atoms with Gasteiger partial charge in [0.2, 0.25) is 0 Å². The Morgan fingerprint density at radius 3 is 2.85 bits per heavy atom. The average Bonchev–Trinajstić information content (AvgIpc) is 2.44. The van der Waals surface area contributed by atoms with Gasteiger partial charge in [0.25, 0.3) is 0 Å². The van der Waals surface area contributed by atoms with Gasteiger partial charge in [-0.3, -0.25) is 0 Å². The Hall–Kier alpha value is -0.770. The number of thiocarbonyl (C=S) groups is 1. The summed E-state index contributed by atoms with van der Waals surface area (Å²) in [6, 6.07) is 5.27. The minimum absolute atomic E-state index is 0.575. The maximum Gasteiger partial charge on any atom is 0.170 e. The van der Waals surface area contributed by atoms with Gasteiger partial charge in [0.05, 0.1) is 10.7 Å². The first-order valence-electron chi connectivity index (χ1n) is 6.83. The summed E-state index contributed by atoms with van der Waals surface area (Å²) in [6.45, 7) is 0.843. The maximum atomic E-state index is 6.08. The van der Waals surface area contributed by atoms with Crippen molar-refractivity contribution in [3.8, 4) is 0 Å². The molecule has 0 aliphatic heterocycles. The number of anilines is 1. The number of hydrogen-bond donors (Lipinski definition) is 2. The second-order valence-electron chi connectivity index (χ2n) is 4.86. The van der Waals surface area contributed by atoms with E-state index in [9.17, 15) is 0 Å². The second-order valence-corrected chi connectivity index (χ2v) is 6.12. The normalized spacial score (nSPS) is 14.6. The first kappa shape index (κ1) is 15.6. The molecule has 0 saturated heterocycles. The molecule has 0 aromatic heterocycles. The fourth-order valence-electron chi connectivity index (χ4n) is 2.23. The molecule has 0 bridgehead atoms. The number of hydrogen-bond acceptors (Lipinski definition) is 1. The Morgan fingerprint density at radius 1 is 1.25 bits per heavy atom. The van der Waals surface area contributed by atoms with Gasteiger partial charge < -0.3 is 10.6 Å². The van der Waals surface area contributed by atoms with Crippen LogP contribution in [0.25, 0.3) is 0 Å². The van der Waals surface area contributed by atoms with Crippen LogP contribution in [0.4, 0.5) is 5.69 Å². The van der Waals surface area contributed by atoms with Crippen molar-refractivity contribution in [2.45, 2.75) is 32.1 Å². The average molecular weight is 329 g/mol. The SMILES string of the molecule is S=C(NCCC1=CCCCC1)Nc1cc(Cl)ccc1Cl. The zero-order valence-corrected chi connectivity index (χ0v) is 13.5. The highest BCUT2D eigenvalue weighted by Crippen LogP contribution is 2.25. The van der Waals surface area contributed by atoms with Crippen molar-refractivity contribution in [2.24, 2.45) is 0 Å². The van der Waals surface area contributed by atoms with E-state index >= 15 is 0 Å². The molecule has 1 aromatic rings. The van der Waals surface area contributed by atoms with Crippen molar-refractivity contribution in [3.63, 3.8) is 0 Å². The summed E-state index contributed by atoms with van der Waals surface area (Å²) in [5, 5.41) is 8.09. The third-order valence-corrected chi connectivity index (χ3v) is 4.10. The van der Waals surface area contributed by atoms with E-state index < -0.39 is 0 Å². The fourth-order valence-corrected chi connectivity index (χ4v) is 2.78. The quantitative estimate of drug-likeness (QED) is 0.589. The van der Waals surface area contributed by atoms with Gasteiger partial charge in [-0.05, 0) is 62.5 Å². The van der Waals surface area contributed by atoms with Crippen LogP contribution in [0.3, 0.4) is 0 Å². The van der Waals surface area contributed by atoms with Gasteiger partial charge in [0.1, 0.15) is 0 Å². The fraction of sp³-hybridized carbons (Fsp3) is 0.400. The summed E-state index contributed by atoms with van der Waals surface area (Å²) in [4.78, 5) is 0. The Balaban J connectivity index is 1.77. The summed E-state index contributed by atoms with van der Waals surface area (Å²) < 4.78 is 0. The second kappa shape index (κ2) is 7.87. The number of rotatable bonds is 4. The zero-order chi connectivity index (χ0) is 14.4. The first-order valence-corrected chi connectivity index (χ1v) is 7.99. The Labute approximate surface area is 135 Å². The summed E-state index contributed by atoms with van der Waals surface area (Å²) in [5.41, 5.74) is 2.26. The van der Waals surface area contributed by atoms with Crippen LogP contribution < -0.4 is 10.6 Å². The monoisotopic (exact) mass is 328 g/mol. The molecule has 0 unspecified atom stereocenters. The Kier molecular flexibility index (Phi) is 6.14. The highest BCUT2D eigenvalue weighted by atomic mass is 35.5. The Bertz CT molecular complexity index is 515. The van der Waals surface area contributed by atoms with E-state index in [0.717, 1.165) is 18.7 Å². The summed E-state index contributed by atoms with van der Waals surface area (Å²) in [5.74, 6) is 0. The Morgan fingerprint density at radius 2 is 2.10 bits per heavy atom. The van der Waals surface area contributed by atoms with Gasteiger partial charge in [-0.1, -0.05) is 34.9 Å². The van der Waals surface area contributed by atoms with E-state index in [1.54, 1.807) is 18.2 Å². The van der Waals surface area contributed by atoms with Crippen LogP contribution >= 0.6 is 35.4 Å². The first-order chi connectivity index (χ1) is 9.65. The molecule has 1 aliphatic rings. The van der Waals surface area contributed by atoms with E-state index in [0.29, 0.717) is 15.2 Å². The lowest BCUT2D eigenvalue weighted by Gasteiger charge is -2.15. The van der Waals surface area contributed by atoms with Gasteiger partial charge in [-0.2, -0.15) is 0 Å². The molecule has 2 rings (SSSR count). The number of nitrogens with one attached hydrogen (secondary N) is 2. The lowest BCUT2D eigenvalue weighted by Crippen LogP contribution is -2.29. The van der Waals surface area contributed by atoms with Crippen LogP contribution in [-0.2, 0) is 0 Å². The van der Waals surface area contributed by atoms with Crippen LogP contribution in [0.15, 0.2) is 29.8 Å². The van der Waals surface area contributed by atoms with Crippen LogP contribution in [0.2, 0.25) is 10.0 Å². The van der Waals surface area contributed by atoms with Gasteiger partial charge >= 0.3 is 0 Å². The van der Waals surface area contributed by atoms with Crippen molar-refractivity contribution in [1.29, 1.82) is 0 Å². The molecule has 0 radical (unpaired) electrons. The molecule has 2 N–H and O–H groups in total. The lowest BCUT2D eigenvalue weighted by atomic mass is 9.97. The molecule has 0 heterocycles. The zero-order valence-electron chi connectivity index (χ0n) is 11.2. The van der Waals surface area contributed by atoms with E-state index in [1.807, 2.05) is 0 Å². The number of benzene rings is 1. The molecular weight excluding hydrogens is 311 g/mol. The summed E-state index contributed by atoms with van der Waals surface area (Å²) in [6.07, 6.45) is 8.48. The van der Waals surface area contributed by atoms with E-state index in [-0.39, 0.29) is 0 Å². The molecule has 1 aromatic carbocycles. The number of halogens is 2. The molecule has 0 spiro atoms. The highest BCUT2D eigenvalue weighted by molar-refractivity contribution is 7.80. The molecular formula is C15H18Cl2N2S. The molecule has 5 heteroatoms. The highest BCUT2D eigenvalue weighted by Gasteiger charge is 2.05. The van der Waals surface area contributed by atoms with Crippen molar-refractivity contribution in [2.75, 3.05) is 11.9 Å². The van der Waals surface area contributed by atoms with E-state index in [1.165, 1.54) is 31.3 Å². The van der Waals surface area contributed by atoms with Crippen molar-refractivity contribution >= 4 is 46.2 Å². The number of allylic oxidation sites excluding steroid dienone is 1. The molecule has 108 valence electrons. The van der Waals surface area contributed by atoms with Gasteiger partial charge in [0.15, 0.2) is 5.11 Å². The molecule has 0 saturated carbocycles. The summed E-state index contributed by atoms with van der Waals surface area (Å²) >= 11 is 17.3. The van der Waals surface area contributed by atoms with Gasteiger partial charge in [-0.25, -0.2) is 0 Å². The van der Waals surface area contributed by atoms with Gasteiger partial charge in [0, 0.05) is 11.6 Å². The molecule has 0 fully saturated rings. The maximum absolute atomic E-state index is 6.08. The minimum atomic E-state index is 0.575. The predicted octanol–water partition coefficient (Wildman–Crippen LogP) is 5.17. The predicted molar refractivity (Wildman–Crippen MR) is 91.9 cm³/mol. The van der Waals surface area contributed by atoms with Crippen molar-refractivity contribution in [1.82, 2.24) is 5.32 Å². The largest absolute Gasteiger partial charge is 0.362 e. The molecule has 1 aliphatic carbocycles. The topological polar surface area (TPSA) is 24.1 Å². The van der Waals surface area contributed by atoms with E-state index in [2.05, 4.69) is 16.7 Å². The smallest absolute Gasteiger partial charge is 0.170 e. The van der Waals surface area contributed by atoms with E-state index in [4.69, 9.17) is 35.4 Å². The third-order valence-electron chi connectivity index (χ3n) is 3.29. The van der Waals surface area contributed by atoms with Crippen LogP contribution in [-0.4, -0.2) is 11.7 Å².